The van der Waals surface area contributed by atoms with Crippen molar-refractivity contribution in [3.8, 4) is 0 Å². The molecule has 0 aliphatic heterocycles. The van der Waals surface area contributed by atoms with E-state index in [1.807, 2.05) is 35.7 Å². The molecule has 2 aromatic rings. The van der Waals surface area contributed by atoms with Crippen LogP contribution in [0.15, 0.2) is 46.3 Å². The third-order valence-corrected chi connectivity index (χ3v) is 4.07. The summed E-state index contributed by atoms with van der Waals surface area (Å²) in [5, 5.41) is 4.96. The smallest absolute Gasteiger partial charge is 0.251 e. The number of rotatable bonds is 4. The molecular weight excluding hydrogens is 298 g/mol. The molecule has 0 saturated heterocycles. The number of carbonyl (C=O) groups excluding carboxylic acids is 1. The highest BCUT2D eigenvalue weighted by molar-refractivity contribution is 9.10. The van der Waals surface area contributed by atoms with Crippen LogP contribution in [0.2, 0.25) is 0 Å². The number of amides is 1. The molecule has 0 fully saturated rings. The zero-order valence-electron chi connectivity index (χ0n) is 9.15. The first-order valence-electron chi connectivity index (χ1n) is 5.32. The zero-order valence-corrected chi connectivity index (χ0v) is 11.6. The van der Waals surface area contributed by atoms with Crippen LogP contribution < -0.4 is 5.32 Å². The molecule has 1 heterocycles. The molecule has 1 amide bonds. The predicted octanol–water partition coefficient (Wildman–Crippen LogP) is 3.48. The number of hydrogen-bond acceptors (Lipinski definition) is 2. The average molecular weight is 310 g/mol. The Labute approximate surface area is 113 Å². The zero-order chi connectivity index (χ0) is 12.1. The number of hydrogen-bond donors (Lipinski definition) is 1. The molecule has 4 heteroatoms. The minimum atomic E-state index is -0.0128. The van der Waals surface area contributed by atoms with Crippen molar-refractivity contribution in [3.05, 3.63) is 56.7 Å². The standard InChI is InChI=1S/C13H12BrNOS/c14-11-8-12(17-9-11)6-7-15-13(16)10-4-2-1-3-5-10/h1-5,8-9H,6-7H2,(H,15,16). The highest BCUT2D eigenvalue weighted by Crippen LogP contribution is 2.19. The van der Waals surface area contributed by atoms with Gasteiger partial charge in [-0.15, -0.1) is 11.3 Å². The summed E-state index contributed by atoms with van der Waals surface area (Å²) in [4.78, 5) is 13.0. The first-order valence-corrected chi connectivity index (χ1v) is 6.99. The van der Waals surface area contributed by atoms with Crippen LogP contribution >= 0.6 is 27.3 Å². The van der Waals surface area contributed by atoms with Gasteiger partial charge in [-0.05, 0) is 40.5 Å². The number of nitrogens with one attached hydrogen (secondary N) is 1. The maximum atomic E-state index is 11.7. The summed E-state index contributed by atoms with van der Waals surface area (Å²) in [6, 6.07) is 11.4. The Bertz CT molecular complexity index is 495. The van der Waals surface area contributed by atoms with E-state index in [9.17, 15) is 4.79 Å². The van der Waals surface area contributed by atoms with E-state index in [0.717, 1.165) is 10.9 Å². The maximum Gasteiger partial charge on any atom is 0.251 e. The maximum absolute atomic E-state index is 11.7. The lowest BCUT2D eigenvalue weighted by Gasteiger charge is -2.03. The second-order valence-corrected chi connectivity index (χ2v) is 5.51. The van der Waals surface area contributed by atoms with Gasteiger partial charge in [0.25, 0.3) is 5.91 Å². The molecule has 1 aromatic heterocycles. The van der Waals surface area contributed by atoms with E-state index in [2.05, 4.69) is 27.3 Å². The van der Waals surface area contributed by atoms with E-state index in [1.165, 1.54) is 4.88 Å². The Kier molecular flexibility index (Phi) is 4.34. The summed E-state index contributed by atoms with van der Waals surface area (Å²) in [5.74, 6) is -0.0128. The molecule has 0 spiro atoms. The molecule has 2 nitrogen and oxygen atoms in total. The van der Waals surface area contributed by atoms with Crippen LogP contribution in [-0.4, -0.2) is 12.5 Å². The summed E-state index contributed by atoms with van der Waals surface area (Å²) in [6.07, 6.45) is 0.870. The van der Waals surface area contributed by atoms with Crippen molar-refractivity contribution in [1.29, 1.82) is 0 Å². The summed E-state index contributed by atoms with van der Waals surface area (Å²) >= 11 is 5.11. The van der Waals surface area contributed by atoms with Gasteiger partial charge in [-0.25, -0.2) is 0 Å². The Hall–Kier alpha value is -1.13. The van der Waals surface area contributed by atoms with Gasteiger partial charge in [0.2, 0.25) is 0 Å². The van der Waals surface area contributed by atoms with Crippen LogP contribution in [0.1, 0.15) is 15.2 Å². The minimum Gasteiger partial charge on any atom is -0.352 e. The summed E-state index contributed by atoms with van der Waals surface area (Å²) in [5.41, 5.74) is 0.708. The van der Waals surface area contributed by atoms with Crippen molar-refractivity contribution in [1.82, 2.24) is 5.32 Å². The molecule has 0 atom stereocenters. The molecular formula is C13H12BrNOS. The van der Waals surface area contributed by atoms with E-state index < -0.39 is 0 Å². The second-order valence-electron chi connectivity index (χ2n) is 3.60. The van der Waals surface area contributed by atoms with Crippen LogP contribution in [0.4, 0.5) is 0 Å². The fourth-order valence-corrected chi connectivity index (χ4v) is 2.93. The van der Waals surface area contributed by atoms with E-state index in [4.69, 9.17) is 0 Å². The molecule has 0 aliphatic rings. The van der Waals surface area contributed by atoms with Gasteiger partial charge in [-0.3, -0.25) is 4.79 Å². The lowest BCUT2D eigenvalue weighted by atomic mass is 10.2. The molecule has 17 heavy (non-hydrogen) atoms. The summed E-state index contributed by atoms with van der Waals surface area (Å²) in [6.45, 7) is 0.667. The van der Waals surface area contributed by atoms with Gasteiger partial charge in [-0.1, -0.05) is 18.2 Å². The molecule has 0 aliphatic carbocycles. The molecule has 0 unspecified atom stereocenters. The van der Waals surface area contributed by atoms with Crippen molar-refractivity contribution in [2.75, 3.05) is 6.54 Å². The van der Waals surface area contributed by atoms with E-state index >= 15 is 0 Å². The molecule has 88 valence electrons. The van der Waals surface area contributed by atoms with Crippen molar-refractivity contribution < 1.29 is 4.79 Å². The van der Waals surface area contributed by atoms with Gasteiger partial charge < -0.3 is 5.32 Å². The van der Waals surface area contributed by atoms with E-state index in [0.29, 0.717) is 12.1 Å². The van der Waals surface area contributed by atoms with Crippen molar-refractivity contribution in [3.63, 3.8) is 0 Å². The van der Waals surface area contributed by atoms with Gasteiger partial charge in [-0.2, -0.15) is 0 Å². The van der Waals surface area contributed by atoms with Crippen LogP contribution in [0.25, 0.3) is 0 Å². The van der Waals surface area contributed by atoms with Gasteiger partial charge in [0.15, 0.2) is 0 Å². The van der Waals surface area contributed by atoms with Gasteiger partial charge in [0, 0.05) is 26.8 Å². The molecule has 0 saturated carbocycles. The van der Waals surface area contributed by atoms with E-state index in [-0.39, 0.29) is 5.91 Å². The van der Waals surface area contributed by atoms with Crippen molar-refractivity contribution in [2.24, 2.45) is 0 Å². The highest BCUT2D eigenvalue weighted by atomic mass is 79.9. The predicted molar refractivity (Wildman–Crippen MR) is 74.5 cm³/mol. The van der Waals surface area contributed by atoms with E-state index in [1.54, 1.807) is 11.3 Å². The molecule has 0 radical (unpaired) electrons. The van der Waals surface area contributed by atoms with Crippen molar-refractivity contribution >= 4 is 33.2 Å². The molecule has 2 rings (SSSR count). The number of halogens is 1. The molecule has 1 N–H and O–H groups in total. The summed E-state index contributed by atoms with van der Waals surface area (Å²) in [7, 11) is 0. The third kappa shape index (κ3) is 3.68. The van der Waals surface area contributed by atoms with Crippen molar-refractivity contribution in [2.45, 2.75) is 6.42 Å². The second kappa shape index (κ2) is 5.98. The molecule has 1 aromatic carbocycles. The Morgan fingerprint density at radius 2 is 2.06 bits per heavy atom. The van der Waals surface area contributed by atoms with Crippen LogP contribution in [-0.2, 0) is 6.42 Å². The number of carbonyl (C=O) groups is 1. The SMILES string of the molecule is O=C(NCCc1cc(Br)cs1)c1ccccc1. The quantitative estimate of drug-likeness (QED) is 0.920. The Morgan fingerprint density at radius 3 is 2.71 bits per heavy atom. The first kappa shape index (κ1) is 12.3. The number of benzene rings is 1. The Balaban J connectivity index is 1.81. The topological polar surface area (TPSA) is 29.1 Å². The van der Waals surface area contributed by atoms with Crippen LogP contribution in [0.3, 0.4) is 0 Å². The Morgan fingerprint density at radius 1 is 1.29 bits per heavy atom. The lowest BCUT2D eigenvalue weighted by molar-refractivity contribution is 0.0954. The fraction of sp³-hybridized carbons (Fsp3) is 0.154. The summed E-state index contributed by atoms with van der Waals surface area (Å²) < 4.78 is 1.10. The molecule has 0 bridgehead atoms. The minimum absolute atomic E-state index is 0.0128. The first-order chi connectivity index (χ1) is 8.25. The van der Waals surface area contributed by atoms with Gasteiger partial charge >= 0.3 is 0 Å². The normalized spacial score (nSPS) is 10.2. The van der Waals surface area contributed by atoms with Crippen LogP contribution in [0, 0.1) is 0 Å². The van der Waals surface area contributed by atoms with Gasteiger partial charge in [0.05, 0.1) is 0 Å². The fourth-order valence-electron chi connectivity index (χ4n) is 1.48. The average Bonchev–Trinajstić information content (AvgIpc) is 2.76. The lowest BCUT2D eigenvalue weighted by Crippen LogP contribution is -2.25. The van der Waals surface area contributed by atoms with Gasteiger partial charge in [0.1, 0.15) is 0 Å². The third-order valence-electron chi connectivity index (χ3n) is 2.31. The largest absolute Gasteiger partial charge is 0.352 e. The highest BCUT2D eigenvalue weighted by Gasteiger charge is 2.03. The number of thiophene rings is 1. The van der Waals surface area contributed by atoms with Crippen LogP contribution in [0.5, 0.6) is 0 Å². The monoisotopic (exact) mass is 309 g/mol.